The average Bonchev–Trinajstić information content (AvgIpc) is 2.71. The fraction of sp³-hybridized carbons (Fsp3) is 0.500. The van der Waals surface area contributed by atoms with Gasteiger partial charge in [-0.3, -0.25) is 4.90 Å². The fourth-order valence-corrected chi connectivity index (χ4v) is 4.64. The van der Waals surface area contributed by atoms with Crippen molar-refractivity contribution in [3.63, 3.8) is 0 Å². The number of hydrogen-bond donors (Lipinski definition) is 0. The number of rotatable bonds is 4. The number of para-hydroxylation sites is 1. The van der Waals surface area contributed by atoms with Crippen LogP contribution in [0.15, 0.2) is 48.5 Å². The third-order valence-electron chi connectivity index (χ3n) is 6.23. The Morgan fingerprint density at radius 2 is 1.75 bits per heavy atom. The van der Waals surface area contributed by atoms with E-state index in [-0.39, 0.29) is 11.9 Å². The number of halogens is 1. The molecule has 2 saturated heterocycles. The largest absolute Gasteiger partial charge is 0.376 e. The lowest BCUT2D eigenvalue weighted by atomic mass is 9.96. The van der Waals surface area contributed by atoms with Crippen LogP contribution in [0.2, 0.25) is 0 Å². The van der Waals surface area contributed by atoms with Crippen LogP contribution >= 0.6 is 0 Å². The summed E-state index contributed by atoms with van der Waals surface area (Å²) in [5.74, 6) is -0.113. The highest BCUT2D eigenvalue weighted by molar-refractivity contribution is 5.48. The first-order valence-electron chi connectivity index (χ1n) is 10.5. The third-order valence-corrected chi connectivity index (χ3v) is 6.23. The zero-order chi connectivity index (χ0) is 19.5. The Morgan fingerprint density at radius 3 is 2.46 bits per heavy atom. The van der Waals surface area contributed by atoms with Crippen molar-refractivity contribution in [2.45, 2.75) is 51.3 Å². The van der Waals surface area contributed by atoms with Gasteiger partial charge in [0.1, 0.15) is 5.82 Å². The van der Waals surface area contributed by atoms with Gasteiger partial charge in [0.25, 0.3) is 0 Å². The molecule has 0 aromatic heterocycles. The highest BCUT2D eigenvalue weighted by Crippen LogP contribution is 2.28. The fourth-order valence-electron chi connectivity index (χ4n) is 4.64. The summed E-state index contributed by atoms with van der Waals surface area (Å²) in [6, 6.07) is 17.0. The molecule has 2 aromatic rings. The Bertz CT molecular complexity index is 770. The predicted octanol–water partition coefficient (Wildman–Crippen LogP) is 4.43. The zero-order valence-electron chi connectivity index (χ0n) is 17.0. The number of piperidine rings is 1. The maximum atomic E-state index is 14.1. The van der Waals surface area contributed by atoms with E-state index in [4.69, 9.17) is 4.74 Å². The SMILES string of the molecule is Cc1ccc(CC2COC(C)CN2C2CCN(c3ccccc3F)CC2)cc1. The van der Waals surface area contributed by atoms with Crippen molar-refractivity contribution in [1.82, 2.24) is 4.90 Å². The summed E-state index contributed by atoms with van der Waals surface area (Å²) in [4.78, 5) is 4.87. The molecule has 28 heavy (non-hydrogen) atoms. The number of nitrogens with zero attached hydrogens (tertiary/aromatic N) is 2. The molecule has 2 fully saturated rings. The minimum absolute atomic E-state index is 0.113. The van der Waals surface area contributed by atoms with Crippen molar-refractivity contribution in [2.24, 2.45) is 0 Å². The van der Waals surface area contributed by atoms with Gasteiger partial charge in [0, 0.05) is 31.7 Å². The number of morpholine rings is 1. The van der Waals surface area contributed by atoms with Crippen molar-refractivity contribution >= 4 is 5.69 Å². The molecule has 0 radical (unpaired) electrons. The van der Waals surface area contributed by atoms with Gasteiger partial charge in [-0.1, -0.05) is 42.0 Å². The molecule has 2 aliphatic rings. The average molecular weight is 383 g/mol. The molecule has 2 atom stereocenters. The van der Waals surface area contributed by atoms with Crippen LogP contribution < -0.4 is 4.90 Å². The van der Waals surface area contributed by atoms with Crippen LogP contribution in [0.4, 0.5) is 10.1 Å². The van der Waals surface area contributed by atoms with E-state index in [1.165, 1.54) is 11.1 Å². The molecule has 0 saturated carbocycles. The van der Waals surface area contributed by atoms with E-state index < -0.39 is 0 Å². The Kier molecular flexibility index (Phi) is 5.98. The van der Waals surface area contributed by atoms with Gasteiger partial charge in [0.2, 0.25) is 0 Å². The molecule has 4 rings (SSSR count). The molecular formula is C24H31FN2O. The third kappa shape index (κ3) is 4.39. The molecule has 2 aromatic carbocycles. The standard InChI is InChI=1S/C24H31FN2O/c1-18-7-9-20(10-8-18)15-22-17-28-19(2)16-27(22)21-11-13-26(14-12-21)24-6-4-3-5-23(24)25/h3-10,19,21-22H,11-17H2,1-2H3. The number of benzene rings is 2. The lowest BCUT2D eigenvalue weighted by molar-refractivity contribution is -0.0745. The second-order valence-electron chi connectivity index (χ2n) is 8.35. The second kappa shape index (κ2) is 8.62. The smallest absolute Gasteiger partial charge is 0.146 e. The summed E-state index contributed by atoms with van der Waals surface area (Å²) >= 11 is 0. The first-order valence-corrected chi connectivity index (χ1v) is 10.5. The molecule has 3 nitrogen and oxygen atoms in total. The van der Waals surface area contributed by atoms with Gasteiger partial charge < -0.3 is 9.64 Å². The molecule has 2 aliphatic heterocycles. The molecule has 4 heteroatoms. The number of anilines is 1. The van der Waals surface area contributed by atoms with E-state index in [0.29, 0.717) is 12.1 Å². The lowest BCUT2D eigenvalue weighted by Crippen LogP contribution is -2.56. The van der Waals surface area contributed by atoms with E-state index >= 15 is 0 Å². The van der Waals surface area contributed by atoms with Crippen LogP contribution in [0.25, 0.3) is 0 Å². The molecule has 0 aliphatic carbocycles. The van der Waals surface area contributed by atoms with E-state index in [2.05, 4.69) is 47.9 Å². The van der Waals surface area contributed by atoms with Crippen LogP contribution in [0, 0.1) is 12.7 Å². The van der Waals surface area contributed by atoms with Gasteiger partial charge in [-0.05, 0) is 50.8 Å². The van der Waals surface area contributed by atoms with Crippen molar-refractivity contribution in [1.29, 1.82) is 0 Å². The molecular weight excluding hydrogens is 351 g/mol. The highest BCUT2D eigenvalue weighted by Gasteiger charge is 2.34. The normalized spacial score (nSPS) is 24.5. The van der Waals surface area contributed by atoms with Crippen LogP contribution in [-0.4, -0.2) is 49.3 Å². The van der Waals surface area contributed by atoms with Crippen LogP contribution in [0.5, 0.6) is 0 Å². The van der Waals surface area contributed by atoms with Gasteiger partial charge in [-0.15, -0.1) is 0 Å². The summed E-state index contributed by atoms with van der Waals surface area (Å²) in [6.45, 7) is 7.90. The highest BCUT2D eigenvalue weighted by atomic mass is 19.1. The Hall–Kier alpha value is -1.91. The monoisotopic (exact) mass is 382 g/mol. The molecule has 0 bridgehead atoms. The Morgan fingerprint density at radius 1 is 1.04 bits per heavy atom. The predicted molar refractivity (Wildman–Crippen MR) is 112 cm³/mol. The number of aryl methyl sites for hydroxylation is 1. The molecule has 0 amide bonds. The van der Waals surface area contributed by atoms with Gasteiger partial charge in [0.05, 0.1) is 18.4 Å². The van der Waals surface area contributed by atoms with Crippen molar-refractivity contribution in [3.05, 3.63) is 65.5 Å². The first kappa shape index (κ1) is 19.4. The number of ether oxygens (including phenoxy) is 1. The Labute approximate surface area is 168 Å². The summed E-state index contributed by atoms with van der Waals surface area (Å²) in [6.07, 6.45) is 3.45. The summed E-state index contributed by atoms with van der Waals surface area (Å²) < 4.78 is 20.2. The number of hydrogen-bond acceptors (Lipinski definition) is 3. The van der Waals surface area contributed by atoms with Crippen LogP contribution in [-0.2, 0) is 11.2 Å². The Balaban J connectivity index is 1.42. The molecule has 150 valence electrons. The summed E-state index contributed by atoms with van der Waals surface area (Å²) in [5, 5.41) is 0. The van der Waals surface area contributed by atoms with E-state index in [1.807, 2.05) is 12.1 Å². The van der Waals surface area contributed by atoms with Gasteiger partial charge in [-0.2, -0.15) is 0 Å². The van der Waals surface area contributed by atoms with Crippen molar-refractivity contribution < 1.29 is 9.13 Å². The van der Waals surface area contributed by atoms with Crippen molar-refractivity contribution in [2.75, 3.05) is 31.1 Å². The van der Waals surface area contributed by atoms with Gasteiger partial charge in [-0.25, -0.2) is 4.39 Å². The van der Waals surface area contributed by atoms with E-state index in [9.17, 15) is 4.39 Å². The van der Waals surface area contributed by atoms with Gasteiger partial charge in [0.15, 0.2) is 0 Å². The molecule has 2 unspecified atom stereocenters. The van der Waals surface area contributed by atoms with Gasteiger partial charge >= 0.3 is 0 Å². The maximum Gasteiger partial charge on any atom is 0.146 e. The lowest BCUT2D eigenvalue weighted by Gasteiger charge is -2.46. The maximum absolute atomic E-state index is 14.1. The molecule has 0 N–H and O–H groups in total. The van der Waals surface area contributed by atoms with Crippen molar-refractivity contribution in [3.8, 4) is 0 Å². The molecule has 0 spiro atoms. The van der Waals surface area contributed by atoms with E-state index in [0.717, 1.165) is 51.2 Å². The van der Waals surface area contributed by atoms with Crippen LogP contribution in [0.1, 0.15) is 30.9 Å². The topological polar surface area (TPSA) is 15.7 Å². The minimum Gasteiger partial charge on any atom is -0.376 e. The van der Waals surface area contributed by atoms with E-state index in [1.54, 1.807) is 12.1 Å². The summed E-state index contributed by atoms with van der Waals surface area (Å²) in [5.41, 5.74) is 3.42. The summed E-state index contributed by atoms with van der Waals surface area (Å²) in [7, 11) is 0. The quantitative estimate of drug-likeness (QED) is 0.778. The second-order valence-corrected chi connectivity index (χ2v) is 8.35. The zero-order valence-corrected chi connectivity index (χ0v) is 17.0. The molecule has 2 heterocycles. The first-order chi connectivity index (χ1) is 13.6. The van der Waals surface area contributed by atoms with Crippen LogP contribution in [0.3, 0.4) is 0 Å². The minimum atomic E-state index is -0.113.